The summed E-state index contributed by atoms with van der Waals surface area (Å²) in [6.45, 7) is 0.471. The second kappa shape index (κ2) is 2.96. The topological polar surface area (TPSA) is 21.8 Å². The van der Waals surface area contributed by atoms with E-state index in [2.05, 4.69) is 0 Å². The predicted octanol–water partition coefficient (Wildman–Crippen LogP) is 2.04. The van der Waals surface area contributed by atoms with Crippen LogP contribution in [0.25, 0.3) is 0 Å². The van der Waals surface area contributed by atoms with Crippen molar-refractivity contribution in [3.05, 3.63) is 29.3 Å². The average Bonchev–Trinajstić information content (AvgIpc) is 2.86. The van der Waals surface area contributed by atoms with E-state index < -0.39 is 11.6 Å². The molecule has 0 aliphatic carbocycles. The van der Waals surface area contributed by atoms with Crippen LogP contribution in [-0.4, -0.2) is 13.7 Å². The summed E-state index contributed by atoms with van der Waals surface area (Å²) in [4.78, 5) is 0. The van der Waals surface area contributed by atoms with E-state index in [-0.39, 0.29) is 11.9 Å². The molecule has 2 nitrogen and oxygen atoms in total. The highest BCUT2D eigenvalue weighted by Gasteiger charge is 2.31. The molecular weight excluding hydrogens is 178 g/mol. The lowest BCUT2D eigenvalue weighted by atomic mass is 10.1. The summed E-state index contributed by atoms with van der Waals surface area (Å²) >= 11 is 0. The van der Waals surface area contributed by atoms with Crippen LogP contribution in [0.5, 0.6) is 5.75 Å². The SMILES string of the molecule is COc1cc(F)cc(F)c1[C@H]1CO1. The standard InChI is InChI=1S/C9H8F2O2/c1-12-7-3-5(10)2-6(11)9(7)8-4-13-8/h2-3,8H,4H2,1H3/t8-/m1/s1. The zero-order valence-electron chi connectivity index (χ0n) is 7.01. The Bertz CT molecular complexity index is 335. The Labute approximate surface area is 74.1 Å². The molecule has 0 amide bonds. The van der Waals surface area contributed by atoms with Gasteiger partial charge in [0, 0.05) is 12.1 Å². The third-order valence-corrected chi connectivity index (χ3v) is 1.93. The van der Waals surface area contributed by atoms with Crippen LogP contribution in [0.4, 0.5) is 8.78 Å². The zero-order valence-corrected chi connectivity index (χ0v) is 7.01. The third-order valence-electron chi connectivity index (χ3n) is 1.93. The van der Waals surface area contributed by atoms with E-state index >= 15 is 0 Å². The summed E-state index contributed by atoms with van der Waals surface area (Å²) in [5.41, 5.74) is 0.309. The summed E-state index contributed by atoms with van der Waals surface area (Å²) in [6.07, 6.45) is -0.268. The van der Waals surface area contributed by atoms with Crippen molar-refractivity contribution in [1.29, 1.82) is 0 Å². The Morgan fingerprint density at radius 1 is 1.46 bits per heavy atom. The Morgan fingerprint density at radius 2 is 2.15 bits per heavy atom. The molecule has 0 aromatic heterocycles. The van der Waals surface area contributed by atoms with Crippen LogP contribution in [0.3, 0.4) is 0 Å². The van der Waals surface area contributed by atoms with Crippen molar-refractivity contribution in [2.45, 2.75) is 6.10 Å². The Morgan fingerprint density at radius 3 is 2.69 bits per heavy atom. The molecule has 1 aliphatic rings. The fraction of sp³-hybridized carbons (Fsp3) is 0.333. The van der Waals surface area contributed by atoms with Gasteiger partial charge < -0.3 is 9.47 Å². The molecule has 1 aromatic carbocycles. The van der Waals surface area contributed by atoms with Gasteiger partial charge in [-0.1, -0.05) is 0 Å². The van der Waals surface area contributed by atoms with Crippen molar-refractivity contribution >= 4 is 0 Å². The molecule has 1 fully saturated rings. The molecule has 0 radical (unpaired) electrons. The van der Waals surface area contributed by atoms with Crippen molar-refractivity contribution in [2.75, 3.05) is 13.7 Å². The first-order valence-electron chi connectivity index (χ1n) is 3.87. The molecule has 1 atom stereocenters. The number of halogens is 2. The second-order valence-corrected chi connectivity index (χ2v) is 2.83. The van der Waals surface area contributed by atoms with E-state index in [9.17, 15) is 8.78 Å². The maximum Gasteiger partial charge on any atom is 0.135 e. The molecule has 1 aromatic rings. The van der Waals surface area contributed by atoms with E-state index in [1.807, 2.05) is 0 Å². The first-order valence-corrected chi connectivity index (χ1v) is 3.87. The van der Waals surface area contributed by atoms with Gasteiger partial charge in [0.1, 0.15) is 23.5 Å². The molecule has 2 rings (SSSR count). The molecule has 13 heavy (non-hydrogen) atoms. The van der Waals surface area contributed by atoms with Crippen molar-refractivity contribution in [3.63, 3.8) is 0 Å². The van der Waals surface area contributed by atoms with Crippen LogP contribution >= 0.6 is 0 Å². The highest BCUT2D eigenvalue weighted by Crippen LogP contribution is 2.38. The minimum atomic E-state index is -0.640. The van der Waals surface area contributed by atoms with Crippen LogP contribution in [-0.2, 0) is 4.74 Å². The normalized spacial score (nSPS) is 20.1. The number of benzene rings is 1. The van der Waals surface area contributed by atoms with Gasteiger partial charge in [-0.2, -0.15) is 0 Å². The summed E-state index contributed by atoms with van der Waals surface area (Å²) in [5.74, 6) is -1.04. The predicted molar refractivity (Wildman–Crippen MR) is 41.6 cm³/mol. The molecule has 1 aliphatic heterocycles. The third kappa shape index (κ3) is 1.49. The number of epoxide rings is 1. The summed E-state index contributed by atoms with van der Waals surface area (Å²) in [5, 5.41) is 0. The van der Waals surface area contributed by atoms with Gasteiger partial charge in [-0.05, 0) is 0 Å². The molecular formula is C9H8F2O2. The monoisotopic (exact) mass is 186 g/mol. The molecule has 1 saturated heterocycles. The van der Waals surface area contributed by atoms with Crippen LogP contribution in [0, 0.1) is 11.6 Å². The second-order valence-electron chi connectivity index (χ2n) is 2.83. The van der Waals surface area contributed by atoms with Gasteiger partial charge in [0.15, 0.2) is 0 Å². The average molecular weight is 186 g/mol. The largest absolute Gasteiger partial charge is 0.496 e. The van der Waals surface area contributed by atoms with Crippen molar-refractivity contribution in [2.24, 2.45) is 0 Å². The molecule has 1 heterocycles. The summed E-state index contributed by atoms with van der Waals surface area (Å²) < 4.78 is 35.7. The van der Waals surface area contributed by atoms with Gasteiger partial charge in [-0.3, -0.25) is 0 Å². The van der Waals surface area contributed by atoms with Crippen molar-refractivity contribution < 1.29 is 18.3 Å². The van der Waals surface area contributed by atoms with Gasteiger partial charge in [-0.25, -0.2) is 8.78 Å². The minimum absolute atomic E-state index is 0.208. The summed E-state index contributed by atoms with van der Waals surface area (Å²) in [7, 11) is 1.38. The van der Waals surface area contributed by atoms with Gasteiger partial charge >= 0.3 is 0 Å². The number of hydrogen-bond donors (Lipinski definition) is 0. The number of methoxy groups -OCH3 is 1. The maximum atomic E-state index is 13.2. The molecule has 0 saturated carbocycles. The lowest BCUT2D eigenvalue weighted by Gasteiger charge is -2.06. The van der Waals surface area contributed by atoms with E-state index in [1.54, 1.807) is 0 Å². The Kier molecular flexibility index (Phi) is 1.92. The Hall–Kier alpha value is -1.16. The van der Waals surface area contributed by atoms with Gasteiger partial charge in [0.2, 0.25) is 0 Å². The zero-order chi connectivity index (χ0) is 9.42. The molecule has 0 spiro atoms. The number of ether oxygens (including phenoxy) is 2. The van der Waals surface area contributed by atoms with Crippen molar-refractivity contribution in [1.82, 2.24) is 0 Å². The van der Waals surface area contributed by atoms with E-state index in [0.29, 0.717) is 12.2 Å². The molecule has 70 valence electrons. The first-order chi connectivity index (χ1) is 6.22. The first kappa shape index (κ1) is 8.44. The van der Waals surface area contributed by atoms with Gasteiger partial charge in [-0.15, -0.1) is 0 Å². The highest BCUT2D eigenvalue weighted by molar-refractivity contribution is 5.38. The fourth-order valence-electron chi connectivity index (χ4n) is 1.26. The molecule has 4 heteroatoms. The Balaban J connectivity index is 2.50. The van der Waals surface area contributed by atoms with E-state index in [1.165, 1.54) is 7.11 Å². The van der Waals surface area contributed by atoms with Gasteiger partial charge in [0.25, 0.3) is 0 Å². The van der Waals surface area contributed by atoms with Gasteiger partial charge in [0.05, 0.1) is 19.3 Å². The van der Waals surface area contributed by atoms with E-state index in [4.69, 9.17) is 9.47 Å². The lowest BCUT2D eigenvalue weighted by molar-refractivity contribution is 0.371. The van der Waals surface area contributed by atoms with Crippen molar-refractivity contribution in [3.8, 4) is 5.75 Å². The van der Waals surface area contributed by atoms with E-state index in [0.717, 1.165) is 12.1 Å². The fourth-order valence-corrected chi connectivity index (χ4v) is 1.26. The smallest absolute Gasteiger partial charge is 0.135 e. The van der Waals surface area contributed by atoms with Crippen LogP contribution in [0.2, 0.25) is 0 Å². The lowest BCUT2D eigenvalue weighted by Crippen LogP contribution is -1.96. The highest BCUT2D eigenvalue weighted by atomic mass is 19.1. The minimum Gasteiger partial charge on any atom is -0.496 e. The number of hydrogen-bond acceptors (Lipinski definition) is 2. The molecule has 0 N–H and O–H groups in total. The summed E-state index contributed by atoms with van der Waals surface area (Å²) in [6, 6.07) is 1.99. The van der Waals surface area contributed by atoms with Crippen LogP contribution < -0.4 is 4.74 Å². The maximum absolute atomic E-state index is 13.2. The molecule has 0 unspecified atom stereocenters. The van der Waals surface area contributed by atoms with Crippen LogP contribution in [0.15, 0.2) is 12.1 Å². The molecule has 0 bridgehead atoms. The quantitative estimate of drug-likeness (QED) is 0.659. The van der Waals surface area contributed by atoms with Crippen LogP contribution in [0.1, 0.15) is 11.7 Å². The number of rotatable bonds is 2.